The number of carbonyl (C=O) groups excluding carboxylic acids is 2. The monoisotopic (exact) mass is 364 g/mol. The third-order valence-electron chi connectivity index (χ3n) is 4.92. The molecule has 25 heavy (non-hydrogen) atoms. The average molecular weight is 364 g/mol. The molecule has 1 atom stereocenters. The normalized spacial score (nSPS) is 19.6. The fourth-order valence-electron chi connectivity index (χ4n) is 3.49. The highest BCUT2D eigenvalue weighted by Gasteiger charge is 2.32. The van der Waals surface area contributed by atoms with E-state index in [4.69, 9.17) is 0 Å². The van der Waals surface area contributed by atoms with Crippen molar-refractivity contribution in [1.82, 2.24) is 19.4 Å². The minimum absolute atomic E-state index is 0.0997. The second-order valence-corrected chi connectivity index (χ2v) is 7.42. The molecular weight excluding hydrogens is 340 g/mol. The van der Waals surface area contributed by atoms with Gasteiger partial charge in [0.1, 0.15) is 5.56 Å². The summed E-state index contributed by atoms with van der Waals surface area (Å²) in [6.07, 6.45) is 2.96. The molecule has 8 heteroatoms. The number of piperidine rings is 1. The molecule has 0 N–H and O–H groups in total. The fraction of sp³-hybridized carbons (Fsp3) is 0.647. The van der Waals surface area contributed by atoms with Crippen molar-refractivity contribution >= 4 is 23.6 Å². The van der Waals surface area contributed by atoms with Gasteiger partial charge in [-0.15, -0.1) is 0 Å². The van der Waals surface area contributed by atoms with Crippen molar-refractivity contribution in [3.05, 3.63) is 22.1 Å². The molecule has 0 bridgehead atoms. The van der Waals surface area contributed by atoms with E-state index >= 15 is 0 Å². The van der Waals surface area contributed by atoms with Crippen molar-refractivity contribution in [3.63, 3.8) is 0 Å². The van der Waals surface area contributed by atoms with Gasteiger partial charge < -0.3 is 9.80 Å². The van der Waals surface area contributed by atoms with Gasteiger partial charge in [-0.25, -0.2) is 4.98 Å². The number of amides is 2. The molecule has 7 nitrogen and oxygen atoms in total. The summed E-state index contributed by atoms with van der Waals surface area (Å²) in [6, 6.07) is 0. The lowest BCUT2D eigenvalue weighted by Crippen LogP contribution is -2.47. The van der Waals surface area contributed by atoms with E-state index in [1.807, 2.05) is 18.7 Å². The van der Waals surface area contributed by atoms with E-state index in [2.05, 4.69) is 4.98 Å². The van der Waals surface area contributed by atoms with Crippen molar-refractivity contribution in [2.75, 3.05) is 31.9 Å². The zero-order valence-electron chi connectivity index (χ0n) is 14.7. The number of hydrogen-bond donors (Lipinski definition) is 0. The van der Waals surface area contributed by atoms with E-state index in [9.17, 15) is 14.4 Å². The van der Waals surface area contributed by atoms with Crippen molar-refractivity contribution in [2.24, 2.45) is 5.92 Å². The molecule has 1 unspecified atom stereocenters. The highest BCUT2D eigenvalue weighted by atomic mass is 32.2. The second-order valence-electron chi connectivity index (χ2n) is 6.36. The van der Waals surface area contributed by atoms with Gasteiger partial charge in [-0.2, -0.15) is 0 Å². The Morgan fingerprint density at radius 2 is 2.08 bits per heavy atom. The Morgan fingerprint density at radius 1 is 1.32 bits per heavy atom. The number of fused-ring (bicyclic) bond motifs is 1. The van der Waals surface area contributed by atoms with Crippen LogP contribution in [0.2, 0.25) is 0 Å². The minimum atomic E-state index is -0.304. The number of carbonyl (C=O) groups is 2. The van der Waals surface area contributed by atoms with Crippen LogP contribution in [-0.2, 0) is 11.3 Å². The zero-order valence-corrected chi connectivity index (χ0v) is 15.5. The molecule has 1 saturated heterocycles. The van der Waals surface area contributed by atoms with Crippen LogP contribution in [0.5, 0.6) is 0 Å². The number of hydrogen-bond acceptors (Lipinski definition) is 5. The number of thioether (sulfide) groups is 1. The molecule has 3 rings (SSSR count). The SMILES string of the molecule is CCN(CC)C(=O)C1CCCN(C(=O)c2cnc3n(c2=O)CCS3)C1. The first-order valence-electron chi connectivity index (χ1n) is 8.87. The quantitative estimate of drug-likeness (QED) is 0.747. The largest absolute Gasteiger partial charge is 0.343 e. The highest BCUT2D eigenvalue weighted by molar-refractivity contribution is 7.99. The molecule has 0 radical (unpaired) electrons. The van der Waals surface area contributed by atoms with Crippen molar-refractivity contribution in [1.29, 1.82) is 0 Å². The minimum Gasteiger partial charge on any atom is -0.343 e. The standard InChI is InChI=1S/C17H24N4O3S/c1-3-19(4-2)14(22)12-6-5-7-20(11-12)15(23)13-10-18-17-21(16(13)24)8-9-25-17/h10,12H,3-9,11H2,1-2H3. The first kappa shape index (κ1) is 18.0. The van der Waals surface area contributed by atoms with Crippen molar-refractivity contribution in [3.8, 4) is 0 Å². The van der Waals surface area contributed by atoms with Crippen LogP contribution in [0.15, 0.2) is 16.1 Å². The first-order valence-corrected chi connectivity index (χ1v) is 9.86. The maximum Gasteiger partial charge on any atom is 0.267 e. The maximum absolute atomic E-state index is 12.8. The molecule has 1 fully saturated rings. The Labute approximate surface area is 151 Å². The molecule has 2 aliphatic rings. The van der Waals surface area contributed by atoms with Gasteiger partial charge in [0.2, 0.25) is 5.91 Å². The van der Waals surface area contributed by atoms with Crippen LogP contribution in [0.4, 0.5) is 0 Å². The van der Waals surface area contributed by atoms with Gasteiger partial charge in [-0.1, -0.05) is 11.8 Å². The molecular formula is C17H24N4O3S. The van der Waals surface area contributed by atoms with Gasteiger partial charge in [-0.05, 0) is 26.7 Å². The maximum atomic E-state index is 12.8. The number of likely N-dealkylation sites (tertiary alicyclic amines) is 1. The molecule has 0 spiro atoms. The third-order valence-corrected chi connectivity index (χ3v) is 5.89. The number of nitrogens with zero attached hydrogens (tertiary/aromatic N) is 4. The van der Waals surface area contributed by atoms with Gasteiger partial charge in [0.05, 0.1) is 5.92 Å². The average Bonchev–Trinajstić information content (AvgIpc) is 3.12. The predicted molar refractivity (Wildman–Crippen MR) is 95.8 cm³/mol. The molecule has 1 aromatic rings. The van der Waals surface area contributed by atoms with Gasteiger partial charge in [0.25, 0.3) is 11.5 Å². The van der Waals surface area contributed by atoms with Crippen LogP contribution in [0.3, 0.4) is 0 Å². The second kappa shape index (κ2) is 7.59. The Hall–Kier alpha value is -1.83. The lowest BCUT2D eigenvalue weighted by atomic mass is 9.96. The van der Waals surface area contributed by atoms with Gasteiger partial charge >= 0.3 is 0 Å². The number of rotatable bonds is 4. The van der Waals surface area contributed by atoms with Crippen LogP contribution in [0.25, 0.3) is 0 Å². The molecule has 2 amide bonds. The highest BCUT2D eigenvalue weighted by Crippen LogP contribution is 2.22. The van der Waals surface area contributed by atoms with E-state index < -0.39 is 0 Å². The molecule has 0 saturated carbocycles. The van der Waals surface area contributed by atoms with Crippen LogP contribution >= 0.6 is 11.8 Å². The summed E-state index contributed by atoms with van der Waals surface area (Å²) >= 11 is 1.53. The van der Waals surface area contributed by atoms with Crippen LogP contribution in [-0.4, -0.2) is 63.1 Å². The predicted octanol–water partition coefficient (Wildman–Crippen LogP) is 1.07. The Morgan fingerprint density at radius 3 is 2.80 bits per heavy atom. The van der Waals surface area contributed by atoms with Crippen LogP contribution in [0.1, 0.15) is 37.0 Å². The van der Waals surface area contributed by atoms with Gasteiger partial charge in [-0.3, -0.25) is 19.0 Å². The molecule has 136 valence electrons. The van der Waals surface area contributed by atoms with E-state index in [0.29, 0.717) is 37.9 Å². The molecule has 0 aromatic carbocycles. The topological polar surface area (TPSA) is 75.5 Å². The van der Waals surface area contributed by atoms with Gasteiger partial charge in [0, 0.05) is 44.7 Å². The lowest BCUT2D eigenvalue weighted by Gasteiger charge is -2.34. The summed E-state index contributed by atoms with van der Waals surface area (Å²) < 4.78 is 1.57. The van der Waals surface area contributed by atoms with Crippen molar-refractivity contribution < 1.29 is 9.59 Å². The third kappa shape index (κ3) is 3.44. The summed E-state index contributed by atoms with van der Waals surface area (Å²) in [7, 11) is 0. The smallest absolute Gasteiger partial charge is 0.267 e. The molecule has 1 aromatic heterocycles. The summed E-state index contributed by atoms with van der Waals surface area (Å²) in [5.74, 6) is 0.423. The van der Waals surface area contributed by atoms with E-state index in [0.717, 1.165) is 18.6 Å². The Bertz CT molecular complexity index is 729. The van der Waals surface area contributed by atoms with E-state index in [1.54, 1.807) is 9.47 Å². The summed E-state index contributed by atoms with van der Waals surface area (Å²) in [5, 5.41) is 0.676. The van der Waals surface area contributed by atoms with Gasteiger partial charge in [0.15, 0.2) is 5.16 Å². The van der Waals surface area contributed by atoms with Crippen molar-refractivity contribution in [2.45, 2.75) is 38.4 Å². The fourth-order valence-corrected chi connectivity index (χ4v) is 4.40. The summed E-state index contributed by atoms with van der Waals surface area (Å²) in [4.78, 5) is 45.7. The first-order chi connectivity index (χ1) is 12.1. The van der Waals surface area contributed by atoms with Crippen LogP contribution < -0.4 is 5.56 Å². The molecule has 2 aliphatic heterocycles. The molecule has 0 aliphatic carbocycles. The zero-order chi connectivity index (χ0) is 18.0. The Balaban J connectivity index is 1.77. The summed E-state index contributed by atoms with van der Waals surface area (Å²) in [6.45, 7) is 6.82. The Kier molecular flexibility index (Phi) is 5.46. The molecule has 3 heterocycles. The van der Waals surface area contributed by atoms with E-state index in [-0.39, 0.29) is 28.9 Å². The van der Waals surface area contributed by atoms with Crippen LogP contribution in [0, 0.1) is 5.92 Å². The lowest BCUT2D eigenvalue weighted by molar-refractivity contribution is -0.136. The summed E-state index contributed by atoms with van der Waals surface area (Å²) in [5.41, 5.74) is -0.153. The number of aromatic nitrogens is 2. The van der Waals surface area contributed by atoms with E-state index in [1.165, 1.54) is 18.0 Å².